The van der Waals surface area contributed by atoms with Gasteiger partial charge in [-0.25, -0.2) is 0 Å². The Balaban J connectivity index is 1.54. The van der Waals surface area contributed by atoms with E-state index in [0.717, 1.165) is 36.0 Å². The van der Waals surface area contributed by atoms with E-state index in [9.17, 15) is 0 Å². The van der Waals surface area contributed by atoms with E-state index < -0.39 is 8.32 Å². The molecule has 1 nitrogen and oxygen atoms in total. The predicted octanol–water partition coefficient (Wildman–Crippen LogP) is 7.55. The Morgan fingerprint density at radius 2 is 1.54 bits per heavy atom. The lowest BCUT2D eigenvalue weighted by atomic mass is 9.50. The molecule has 0 aromatic heterocycles. The van der Waals surface area contributed by atoms with Crippen molar-refractivity contribution in [1.29, 1.82) is 0 Å². The first-order valence-electron chi connectivity index (χ1n) is 11.6. The summed E-state index contributed by atoms with van der Waals surface area (Å²) in [5.74, 6) is 4.72. The van der Waals surface area contributed by atoms with Crippen LogP contribution in [0.5, 0.6) is 0 Å². The van der Waals surface area contributed by atoms with Crippen LogP contribution in [0.1, 0.15) is 64.9 Å². The van der Waals surface area contributed by atoms with Crippen LogP contribution in [0.15, 0.2) is 36.4 Å². The molecule has 0 unspecified atom stereocenters. The maximum Gasteiger partial charge on any atom is 0.192 e. The summed E-state index contributed by atoms with van der Waals surface area (Å²) in [4.78, 5) is 0. The van der Waals surface area contributed by atoms with Crippen LogP contribution in [-0.4, -0.2) is 14.4 Å². The Bertz CT molecular complexity index is 656. The lowest BCUT2D eigenvalue weighted by Gasteiger charge is -2.57. The van der Waals surface area contributed by atoms with Gasteiger partial charge in [0, 0.05) is 0 Å². The summed E-state index contributed by atoms with van der Waals surface area (Å²) in [7, 11) is -1.77. The third kappa shape index (κ3) is 4.19. The predicted molar refractivity (Wildman–Crippen MR) is 123 cm³/mol. The van der Waals surface area contributed by atoms with Gasteiger partial charge in [0.25, 0.3) is 0 Å². The van der Waals surface area contributed by atoms with Crippen LogP contribution >= 0.6 is 0 Å². The van der Waals surface area contributed by atoms with Crippen molar-refractivity contribution < 1.29 is 4.43 Å². The van der Waals surface area contributed by atoms with E-state index in [-0.39, 0.29) is 5.04 Å². The number of rotatable bonds is 6. The van der Waals surface area contributed by atoms with Crippen molar-refractivity contribution in [3.63, 3.8) is 0 Å². The molecule has 4 aliphatic rings. The molecular weight excluding hydrogens is 356 g/mol. The molecule has 4 bridgehead atoms. The van der Waals surface area contributed by atoms with E-state index in [0.29, 0.717) is 6.10 Å². The van der Waals surface area contributed by atoms with Gasteiger partial charge in [0.1, 0.15) is 0 Å². The van der Waals surface area contributed by atoms with E-state index in [2.05, 4.69) is 76.3 Å². The molecule has 0 amide bonds. The molecule has 154 valence electrons. The van der Waals surface area contributed by atoms with Crippen LogP contribution in [0.2, 0.25) is 18.1 Å². The van der Waals surface area contributed by atoms with Gasteiger partial charge in [-0.2, -0.15) is 0 Å². The molecule has 1 aromatic rings. The van der Waals surface area contributed by atoms with Crippen LogP contribution in [0.3, 0.4) is 0 Å². The van der Waals surface area contributed by atoms with Crippen LogP contribution < -0.4 is 0 Å². The summed E-state index contributed by atoms with van der Waals surface area (Å²) < 4.78 is 7.15. The standard InChI is InChI=1S/C26H40OSi/c1-26(2,3)28(4,5)27-24(13-9-12-19-10-7-6-8-11-19)25-22-15-20-14-21(17-22)18-23(25)16-20/h6-12,20-25H,13-18H2,1-5H3/t20?,21?,22?,23?,24-,25?/m0/s1. The first kappa shape index (κ1) is 20.4. The Kier molecular flexibility index (Phi) is 5.66. The van der Waals surface area contributed by atoms with Crippen molar-refractivity contribution in [3.8, 4) is 0 Å². The summed E-state index contributed by atoms with van der Waals surface area (Å²) in [5.41, 5.74) is 1.30. The molecule has 0 N–H and O–H groups in total. The Labute approximate surface area is 174 Å². The summed E-state index contributed by atoms with van der Waals surface area (Å²) in [5, 5.41) is 0.278. The van der Waals surface area contributed by atoms with Crippen molar-refractivity contribution >= 4 is 14.4 Å². The normalized spacial score (nSPS) is 33.5. The highest BCUT2D eigenvalue weighted by Crippen LogP contribution is 2.58. The molecule has 5 rings (SSSR count). The highest BCUT2D eigenvalue weighted by atomic mass is 28.4. The molecule has 4 aliphatic carbocycles. The molecule has 0 radical (unpaired) electrons. The second kappa shape index (κ2) is 7.76. The lowest BCUT2D eigenvalue weighted by molar-refractivity contribution is -0.0840. The number of hydrogen-bond donors (Lipinski definition) is 0. The fraction of sp³-hybridized carbons (Fsp3) is 0.692. The molecular formula is C26H40OSi. The van der Waals surface area contributed by atoms with Gasteiger partial charge in [-0.05, 0) is 91.8 Å². The molecule has 1 atom stereocenters. The van der Waals surface area contributed by atoms with Crippen LogP contribution in [0, 0.1) is 29.6 Å². The van der Waals surface area contributed by atoms with E-state index >= 15 is 0 Å². The zero-order valence-electron chi connectivity index (χ0n) is 18.7. The highest BCUT2D eigenvalue weighted by molar-refractivity contribution is 6.74. The summed E-state index contributed by atoms with van der Waals surface area (Å²) >= 11 is 0. The van der Waals surface area contributed by atoms with Crippen molar-refractivity contribution in [1.82, 2.24) is 0 Å². The van der Waals surface area contributed by atoms with Gasteiger partial charge in [0.2, 0.25) is 0 Å². The minimum Gasteiger partial charge on any atom is -0.413 e. The Morgan fingerprint density at radius 1 is 0.964 bits per heavy atom. The Morgan fingerprint density at radius 3 is 2.07 bits per heavy atom. The van der Waals surface area contributed by atoms with Gasteiger partial charge in [-0.1, -0.05) is 63.3 Å². The average Bonchev–Trinajstić information content (AvgIpc) is 2.60. The maximum atomic E-state index is 7.15. The van der Waals surface area contributed by atoms with E-state index in [1.807, 2.05) is 0 Å². The fourth-order valence-electron chi connectivity index (χ4n) is 6.32. The summed E-state index contributed by atoms with van der Waals surface area (Å²) in [6, 6.07) is 10.7. The van der Waals surface area contributed by atoms with Gasteiger partial charge in [0.05, 0.1) is 6.10 Å². The van der Waals surface area contributed by atoms with Crippen LogP contribution in [0.25, 0.3) is 6.08 Å². The van der Waals surface area contributed by atoms with Crippen LogP contribution in [-0.2, 0) is 4.43 Å². The molecule has 28 heavy (non-hydrogen) atoms. The minimum absolute atomic E-state index is 0.278. The van der Waals surface area contributed by atoms with Crippen LogP contribution in [0.4, 0.5) is 0 Å². The molecule has 1 aromatic carbocycles. The fourth-order valence-corrected chi connectivity index (χ4v) is 7.68. The Hall–Kier alpha value is -0.863. The second-order valence-corrected chi connectivity index (χ2v) is 16.2. The minimum atomic E-state index is -1.77. The van der Waals surface area contributed by atoms with E-state index in [4.69, 9.17) is 4.43 Å². The van der Waals surface area contributed by atoms with Gasteiger partial charge in [-0.3, -0.25) is 0 Å². The molecule has 4 saturated carbocycles. The number of benzene rings is 1. The molecule has 0 aliphatic heterocycles. The number of hydrogen-bond acceptors (Lipinski definition) is 1. The monoisotopic (exact) mass is 396 g/mol. The highest BCUT2D eigenvalue weighted by Gasteiger charge is 2.52. The first-order valence-corrected chi connectivity index (χ1v) is 14.5. The van der Waals surface area contributed by atoms with Gasteiger partial charge in [-0.15, -0.1) is 0 Å². The largest absolute Gasteiger partial charge is 0.413 e. The molecule has 0 spiro atoms. The zero-order valence-corrected chi connectivity index (χ0v) is 19.7. The van der Waals surface area contributed by atoms with E-state index in [1.54, 1.807) is 0 Å². The topological polar surface area (TPSA) is 9.23 Å². The quantitative estimate of drug-likeness (QED) is 0.451. The van der Waals surface area contributed by atoms with E-state index in [1.165, 1.54) is 37.7 Å². The van der Waals surface area contributed by atoms with Crippen molar-refractivity contribution in [3.05, 3.63) is 42.0 Å². The van der Waals surface area contributed by atoms with Gasteiger partial charge < -0.3 is 4.43 Å². The third-order valence-electron chi connectivity index (χ3n) is 8.46. The molecule has 2 heteroatoms. The average molecular weight is 397 g/mol. The second-order valence-electron chi connectivity index (χ2n) is 11.5. The first-order chi connectivity index (χ1) is 13.2. The molecule has 0 saturated heterocycles. The third-order valence-corrected chi connectivity index (χ3v) is 13.0. The van der Waals surface area contributed by atoms with Crippen molar-refractivity contribution in [2.24, 2.45) is 29.6 Å². The van der Waals surface area contributed by atoms with Gasteiger partial charge in [0.15, 0.2) is 8.32 Å². The van der Waals surface area contributed by atoms with Crippen molar-refractivity contribution in [2.45, 2.75) is 83.5 Å². The smallest absolute Gasteiger partial charge is 0.192 e. The molecule has 0 heterocycles. The summed E-state index contributed by atoms with van der Waals surface area (Å²) in [6.45, 7) is 12.0. The lowest BCUT2D eigenvalue weighted by Crippen LogP contribution is -2.53. The summed E-state index contributed by atoms with van der Waals surface area (Å²) in [6.07, 6.45) is 13.7. The van der Waals surface area contributed by atoms with Crippen molar-refractivity contribution in [2.75, 3.05) is 0 Å². The molecule has 4 fully saturated rings. The van der Waals surface area contributed by atoms with Gasteiger partial charge >= 0.3 is 0 Å². The zero-order chi connectivity index (χ0) is 19.9. The maximum absolute atomic E-state index is 7.15. The SMILES string of the molecule is CC(C)(C)[Si](C)(C)O[C@@H](CC=Cc1ccccc1)C1C2CC3CC(C2)CC1C3.